The molecule has 0 saturated heterocycles. The summed E-state index contributed by atoms with van der Waals surface area (Å²) in [5.41, 5.74) is 3.61. The Hall–Kier alpha value is -4.45. The highest BCUT2D eigenvalue weighted by Gasteiger charge is 2.34. The first kappa shape index (κ1) is 29.1. The molecule has 42 heavy (non-hydrogen) atoms. The van der Waals surface area contributed by atoms with Gasteiger partial charge in [-0.05, 0) is 89.2 Å². The first-order valence-corrected chi connectivity index (χ1v) is 13.9. The van der Waals surface area contributed by atoms with Crippen LogP contribution in [0.3, 0.4) is 0 Å². The summed E-state index contributed by atoms with van der Waals surface area (Å²) in [6.07, 6.45) is 0.840. The molecule has 0 saturated carbocycles. The van der Waals surface area contributed by atoms with Crippen LogP contribution >= 0.6 is 0 Å². The van der Waals surface area contributed by atoms with Gasteiger partial charge < -0.3 is 4.74 Å². The first-order chi connectivity index (χ1) is 20.2. The van der Waals surface area contributed by atoms with Crippen LogP contribution in [0.5, 0.6) is 5.75 Å². The van der Waals surface area contributed by atoms with Crippen molar-refractivity contribution in [2.75, 3.05) is 0 Å². The van der Waals surface area contributed by atoms with Crippen molar-refractivity contribution in [3.63, 3.8) is 0 Å². The van der Waals surface area contributed by atoms with Crippen LogP contribution in [0.15, 0.2) is 109 Å². The van der Waals surface area contributed by atoms with Gasteiger partial charge in [-0.15, -0.1) is 0 Å². The second-order valence-electron chi connectivity index (χ2n) is 10.2. The van der Waals surface area contributed by atoms with Gasteiger partial charge in [0, 0.05) is 11.1 Å². The van der Waals surface area contributed by atoms with Gasteiger partial charge in [-0.3, -0.25) is 0 Å². The third kappa shape index (κ3) is 6.71. The van der Waals surface area contributed by atoms with E-state index in [1.54, 1.807) is 12.1 Å². The molecule has 0 spiro atoms. The minimum Gasteiger partial charge on any atom is -0.429 e. The molecule has 1 nitrogen and oxygen atoms in total. The summed E-state index contributed by atoms with van der Waals surface area (Å²) in [6.45, 7) is 2.17. The van der Waals surface area contributed by atoms with Gasteiger partial charge in [0.15, 0.2) is 0 Å². The van der Waals surface area contributed by atoms with Gasteiger partial charge in [0.2, 0.25) is 0 Å². The van der Waals surface area contributed by atoms with Crippen molar-refractivity contribution in [3.05, 3.63) is 138 Å². The molecule has 0 bridgehead atoms. The fourth-order valence-corrected chi connectivity index (χ4v) is 4.84. The normalized spacial score (nSPS) is 11.5. The minimum absolute atomic E-state index is 0.184. The number of rotatable bonds is 10. The Bertz CT molecular complexity index is 1640. The Kier molecular flexibility index (Phi) is 8.72. The summed E-state index contributed by atoms with van der Waals surface area (Å²) < 4.78 is 77.4. The van der Waals surface area contributed by atoms with Gasteiger partial charge in [-0.1, -0.05) is 80.4 Å². The highest BCUT2D eigenvalue weighted by atomic mass is 19.3. The number of hydrogen-bond acceptors (Lipinski definition) is 1. The molecule has 0 aliphatic carbocycles. The summed E-state index contributed by atoms with van der Waals surface area (Å²) in [5, 5.41) is 0. The third-order valence-corrected chi connectivity index (χ3v) is 7.20. The van der Waals surface area contributed by atoms with Crippen molar-refractivity contribution in [1.29, 1.82) is 0 Å². The van der Waals surface area contributed by atoms with Crippen LogP contribution in [-0.2, 0) is 12.5 Å². The predicted molar refractivity (Wildman–Crippen MR) is 157 cm³/mol. The first-order valence-electron chi connectivity index (χ1n) is 13.9. The SMILES string of the molecule is CCCCCc1ccc(-c2ccc(-c3ccc(-c4ccc(C(F)(F)Oc5ccc(F)cc5)cc4)c(F)c3)c(F)c2)cc1. The quantitative estimate of drug-likeness (QED) is 0.119. The molecule has 0 radical (unpaired) electrons. The van der Waals surface area contributed by atoms with Crippen LogP contribution in [0, 0.1) is 17.5 Å². The molecule has 214 valence electrons. The Balaban J connectivity index is 1.30. The maximum absolute atomic E-state index is 15.2. The van der Waals surface area contributed by atoms with E-state index in [-0.39, 0.29) is 16.9 Å². The van der Waals surface area contributed by atoms with Crippen LogP contribution in [0.1, 0.15) is 37.3 Å². The van der Waals surface area contributed by atoms with E-state index in [4.69, 9.17) is 4.74 Å². The van der Waals surface area contributed by atoms with E-state index >= 15 is 8.78 Å². The number of benzene rings is 5. The highest BCUT2D eigenvalue weighted by Crippen LogP contribution is 2.35. The molecule has 0 atom stereocenters. The van der Waals surface area contributed by atoms with E-state index in [1.165, 1.54) is 48.7 Å². The minimum atomic E-state index is -3.68. The molecule has 0 heterocycles. The monoisotopic (exact) mass is 572 g/mol. The van der Waals surface area contributed by atoms with Gasteiger partial charge in [0.25, 0.3) is 0 Å². The van der Waals surface area contributed by atoms with Gasteiger partial charge in [-0.25, -0.2) is 13.2 Å². The molecule has 0 aliphatic rings. The van der Waals surface area contributed by atoms with Crippen molar-refractivity contribution in [3.8, 4) is 39.1 Å². The summed E-state index contributed by atoms with van der Waals surface area (Å²) >= 11 is 0. The summed E-state index contributed by atoms with van der Waals surface area (Å²) in [6, 6.07) is 26.6. The zero-order chi connectivity index (χ0) is 29.7. The molecule has 0 aromatic heterocycles. The van der Waals surface area contributed by atoms with Crippen molar-refractivity contribution in [1.82, 2.24) is 0 Å². The topological polar surface area (TPSA) is 9.23 Å². The fourth-order valence-electron chi connectivity index (χ4n) is 4.84. The zero-order valence-corrected chi connectivity index (χ0v) is 23.0. The van der Waals surface area contributed by atoms with Crippen molar-refractivity contribution < 1.29 is 26.7 Å². The van der Waals surface area contributed by atoms with Crippen molar-refractivity contribution in [2.24, 2.45) is 0 Å². The molecule has 5 aromatic carbocycles. The van der Waals surface area contributed by atoms with Crippen molar-refractivity contribution in [2.45, 2.75) is 38.7 Å². The number of halogens is 5. The molecule has 0 unspecified atom stereocenters. The average Bonchev–Trinajstić information content (AvgIpc) is 2.99. The van der Waals surface area contributed by atoms with E-state index in [0.717, 1.165) is 60.4 Å². The summed E-state index contributed by atoms with van der Waals surface area (Å²) in [5.74, 6) is -1.85. The number of ether oxygens (including phenoxy) is 1. The molecule has 0 fully saturated rings. The van der Waals surface area contributed by atoms with Crippen LogP contribution in [-0.4, -0.2) is 0 Å². The highest BCUT2D eigenvalue weighted by molar-refractivity contribution is 5.74. The Labute approximate surface area is 242 Å². The third-order valence-electron chi connectivity index (χ3n) is 7.20. The van der Waals surface area contributed by atoms with E-state index in [2.05, 4.69) is 19.1 Å². The number of aryl methyl sites for hydroxylation is 1. The molecular formula is C36H29F5O. The number of alkyl halides is 2. The molecule has 0 N–H and O–H groups in total. The fraction of sp³-hybridized carbons (Fsp3) is 0.167. The Morgan fingerprint density at radius 1 is 0.571 bits per heavy atom. The van der Waals surface area contributed by atoms with Gasteiger partial charge >= 0.3 is 6.11 Å². The predicted octanol–water partition coefficient (Wildman–Crippen LogP) is 11.0. The second kappa shape index (κ2) is 12.6. The number of unbranched alkanes of at least 4 members (excludes halogenated alkanes) is 2. The average molecular weight is 573 g/mol. The maximum atomic E-state index is 15.2. The van der Waals surface area contributed by atoms with E-state index in [0.29, 0.717) is 11.1 Å². The molecule has 0 aliphatic heterocycles. The van der Waals surface area contributed by atoms with Gasteiger partial charge in [0.1, 0.15) is 23.2 Å². The van der Waals surface area contributed by atoms with Crippen molar-refractivity contribution >= 4 is 0 Å². The lowest BCUT2D eigenvalue weighted by Crippen LogP contribution is -2.21. The molecular weight excluding hydrogens is 543 g/mol. The molecule has 5 aromatic rings. The molecule has 0 amide bonds. The van der Waals surface area contributed by atoms with Crippen LogP contribution in [0.25, 0.3) is 33.4 Å². The Morgan fingerprint density at radius 3 is 1.74 bits per heavy atom. The lowest BCUT2D eigenvalue weighted by atomic mass is 9.96. The van der Waals surface area contributed by atoms with E-state index in [9.17, 15) is 13.2 Å². The zero-order valence-electron chi connectivity index (χ0n) is 23.0. The number of hydrogen-bond donors (Lipinski definition) is 0. The second-order valence-corrected chi connectivity index (χ2v) is 10.2. The van der Waals surface area contributed by atoms with E-state index in [1.807, 2.05) is 18.2 Å². The van der Waals surface area contributed by atoms with Crippen LogP contribution < -0.4 is 4.74 Å². The standard InChI is InChI=1S/C36H29F5O/c1-2-3-4-5-24-6-8-25(9-7-24)27-12-20-33(34(38)22-27)28-13-21-32(35(39)23-28)26-10-14-29(15-11-26)36(40,41)42-31-18-16-30(37)17-19-31/h6-23H,2-5H2,1H3. The lowest BCUT2D eigenvalue weighted by molar-refractivity contribution is -0.185. The molecule has 5 rings (SSSR count). The van der Waals surface area contributed by atoms with Crippen LogP contribution in [0.4, 0.5) is 22.0 Å². The smallest absolute Gasteiger partial charge is 0.426 e. The lowest BCUT2D eigenvalue weighted by Gasteiger charge is -2.18. The van der Waals surface area contributed by atoms with Gasteiger partial charge in [0.05, 0.1) is 5.56 Å². The molecule has 6 heteroatoms. The summed E-state index contributed by atoms with van der Waals surface area (Å²) in [7, 11) is 0. The van der Waals surface area contributed by atoms with Gasteiger partial charge in [-0.2, -0.15) is 8.78 Å². The largest absolute Gasteiger partial charge is 0.429 e. The van der Waals surface area contributed by atoms with Crippen LogP contribution in [0.2, 0.25) is 0 Å². The van der Waals surface area contributed by atoms with E-state index < -0.39 is 29.1 Å². The maximum Gasteiger partial charge on any atom is 0.426 e. The Morgan fingerprint density at radius 2 is 1.12 bits per heavy atom. The summed E-state index contributed by atoms with van der Waals surface area (Å²) in [4.78, 5) is 0.